The second-order valence-electron chi connectivity index (χ2n) is 7.28. The van der Waals surface area contributed by atoms with E-state index < -0.39 is 0 Å². The van der Waals surface area contributed by atoms with Crippen molar-refractivity contribution in [3.63, 3.8) is 0 Å². The highest BCUT2D eigenvalue weighted by molar-refractivity contribution is 14.1. The number of ether oxygens (including phenoxy) is 2. The predicted octanol–water partition coefficient (Wildman–Crippen LogP) is 5.69. The smallest absolute Gasteiger partial charge is 0.274 e. The first-order valence-corrected chi connectivity index (χ1v) is 12.6. The number of imidazole rings is 1. The highest BCUT2D eigenvalue weighted by Gasteiger charge is 2.14. The molecule has 0 aliphatic carbocycles. The van der Waals surface area contributed by atoms with Crippen LogP contribution in [0.5, 0.6) is 11.5 Å². The average Bonchev–Trinajstić information content (AvgIpc) is 3.30. The highest BCUT2D eigenvalue weighted by atomic mass is 127. The summed E-state index contributed by atoms with van der Waals surface area (Å²) >= 11 is 9.87. The Morgan fingerprint density at radius 3 is 2.73 bits per heavy atom. The Labute approximate surface area is 212 Å². The first kappa shape index (κ1) is 22.2. The van der Waals surface area contributed by atoms with Gasteiger partial charge in [0, 0.05) is 10.6 Å². The number of thiazole rings is 1. The summed E-state index contributed by atoms with van der Waals surface area (Å²) in [6, 6.07) is 19.1. The molecule has 0 saturated carbocycles. The number of aromatic nitrogens is 2. The van der Waals surface area contributed by atoms with Gasteiger partial charge in [-0.3, -0.25) is 4.79 Å². The number of hydrogen-bond acceptors (Lipinski definition) is 5. The molecule has 0 aliphatic rings. The van der Waals surface area contributed by atoms with Gasteiger partial charge in [-0.1, -0.05) is 53.3 Å². The van der Waals surface area contributed by atoms with Gasteiger partial charge in [0.2, 0.25) is 0 Å². The number of para-hydroxylation sites is 2. The number of nitrogens with zero attached hydrogens (tertiary/aromatic N) is 2. The van der Waals surface area contributed by atoms with E-state index in [1.165, 1.54) is 11.3 Å². The molecular weight excluding hydrogens is 571 g/mol. The number of halogens is 2. The minimum atomic E-state index is -0.0734. The van der Waals surface area contributed by atoms with E-state index in [0.29, 0.717) is 39.2 Å². The number of rotatable bonds is 6. The lowest BCUT2D eigenvalue weighted by Crippen LogP contribution is -2.22. The lowest BCUT2D eigenvalue weighted by Gasteiger charge is -2.15. The molecule has 0 spiro atoms. The van der Waals surface area contributed by atoms with Crippen LogP contribution in [0.1, 0.15) is 18.1 Å². The Kier molecular flexibility index (Phi) is 6.27. The van der Waals surface area contributed by atoms with Crippen molar-refractivity contribution in [2.24, 2.45) is 0 Å². The van der Waals surface area contributed by atoms with Crippen molar-refractivity contribution in [2.75, 3.05) is 6.61 Å². The van der Waals surface area contributed by atoms with Crippen LogP contribution in [0.4, 0.5) is 0 Å². The van der Waals surface area contributed by atoms with Gasteiger partial charge in [0.25, 0.3) is 5.56 Å². The zero-order chi connectivity index (χ0) is 22.9. The molecule has 166 valence electrons. The Bertz CT molecular complexity index is 1600. The summed E-state index contributed by atoms with van der Waals surface area (Å²) in [5.41, 5.74) is 3.33. The number of hydrogen-bond donors (Lipinski definition) is 0. The van der Waals surface area contributed by atoms with E-state index in [0.717, 1.165) is 25.7 Å². The van der Waals surface area contributed by atoms with E-state index in [1.807, 2.05) is 73.7 Å². The van der Waals surface area contributed by atoms with Gasteiger partial charge in [0.1, 0.15) is 6.61 Å². The van der Waals surface area contributed by atoms with E-state index in [1.54, 1.807) is 4.40 Å². The van der Waals surface area contributed by atoms with E-state index in [9.17, 15) is 4.79 Å². The van der Waals surface area contributed by atoms with Gasteiger partial charge in [-0.05, 0) is 71.5 Å². The standard InChI is InChI=1S/C25H18ClIN2O3S/c1-2-31-21-12-15(11-18(27)23(21)32-14-16-7-3-4-8-17(16)26)13-22-24(30)29-20-10-6-5-9-19(20)28-25(29)33-22/h3-13H,2,14H2,1H3/b22-13-. The van der Waals surface area contributed by atoms with E-state index in [2.05, 4.69) is 27.6 Å². The van der Waals surface area contributed by atoms with Crippen LogP contribution >= 0.6 is 45.5 Å². The molecule has 0 bridgehead atoms. The first-order valence-electron chi connectivity index (χ1n) is 10.3. The van der Waals surface area contributed by atoms with Crippen LogP contribution in [0.25, 0.3) is 22.1 Å². The van der Waals surface area contributed by atoms with Crippen molar-refractivity contribution in [3.8, 4) is 11.5 Å². The van der Waals surface area contributed by atoms with Gasteiger partial charge >= 0.3 is 0 Å². The Morgan fingerprint density at radius 2 is 1.91 bits per heavy atom. The molecule has 0 radical (unpaired) electrons. The Morgan fingerprint density at radius 1 is 1.12 bits per heavy atom. The minimum absolute atomic E-state index is 0.0734. The van der Waals surface area contributed by atoms with Gasteiger partial charge in [-0.2, -0.15) is 0 Å². The van der Waals surface area contributed by atoms with E-state index >= 15 is 0 Å². The van der Waals surface area contributed by atoms with Crippen LogP contribution in [-0.2, 0) is 6.61 Å². The summed E-state index contributed by atoms with van der Waals surface area (Å²) in [5.74, 6) is 1.28. The van der Waals surface area contributed by atoms with Crippen molar-refractivity contribution < 1.29 is 9.47 Å². The molecule has 5 aromatic rings. The lowest BCUT2D eigenvalue weighted by atomic mass is 10.2. The van der Waals surface area contributed by atoms with Crippen molar-refractivity contribution >= 4 is 67.6 Å². The van der Waals surface area contributed by atoms with Gasteiger partial charge in [0.15, 0.2) is 16.5 Å². The first-order chi connectivity index (χ1) is 16.0. The fourth-order valence-electron chi connectivity index (χ4n) is 3.60. The topological polar surface area (TPSA) is 52.8 Å². The third kappa shape index (κ3) is 4.32. The maximum Gasteiger partial charge on any atom is 0.274 e. The van der Waals surface area contributed by atoms with Crippen molar-refractivity contribution in [1.29, 1.82) is 0 Å². The molecule has 5 rings (SSSR count). The van der Waals surface area contributed by atoms with E-state index in [-0.39, 0.29) is 5.56 Å². The fourth-order valence-corrected chi connectivity index (χ4v) is 5.56. The summed E-state index contributed by atoms with van der Waals surface area (Å²) in [4.78, 5) is 18.4. The largest absolute Gasteiger partial charge is 0.490 e. The summed E-state index contributed by atoms with van der Waals surface area (Å²) in [6.07, 6.45) is 1.87. The van der Waals surface area contributed by atoms with Gasteiger partial charge in [-0.25, -0.2) is 9.38 Å². The second-order valence-corrected chi connectivity index (χ2v) is 9.86. The maximum absolute atomic E-state index is 13.1. The highest BCUT2D eigenvalue weighted by Crippen LogP contribution is 2.35. The van der Waals surface area contributed by atoms with Crippen LogP contribution < -0.4 is 19.6 Å². The molecule has 8 heteroatoms. The summed E-state index contributed by atoms with van der Waals surface area (Å²) in [5, 5.41) is 0.661. The molecule has 0 aliphatic heterocycles. The average molecular weight is 589 g/mol. The quantitative estimate of drug-likeness (QED) is 0.239. The summed E-state index contributed by atoms with van der Waals surface area (Å²) in [7, 11) is 0. The molecule has 2 aromatic heterocycles. The fraction of sp³-hybridized carbons (Fsp3) is 0.120. The van der Waals surface area contributed by atoms with E-state index in [4.69, 9.17) is 21.1 Å². The normalized spacial score (nSPS) is 12.0. The van der Waals surface area contributed by atoms with Gasteiger partial charge in [-0.15, -0.1) is 0 Å². The summed E-state index contributed by atoms with van der Waals surface area (Å²) < 4.78 is 15.1. The third-order valence-electron chi connectivity index (χ3n) is 5.10. The molecule has 0 saturated heterocycles. The van der Waals surface area contributed by atoms with Crippen LogP contribution in [0, 0.1) is 3.57 Å². The van der Waals surface area contributed by atoms with Gasteiger partial charge < -0.3 is 9.47 Å². The zero-order valence-electron chi connectivity index (χ0n) is 17.5. The lowest BCUT2D eigenvalue weighted by molar-refractivity contribution is 0.267. The molecule has 0 fully saturated rings. The van der Waals surface area contributed by atoms with Crippen LogP contribution in [0.15, 0.2) is 65.5 Å². The van der Waals surface area contributed by atoms with Gasteiger partial charge in [0.05, 0.1) is 25.7 Å². The Hall–Kier alpha value is -2.62. The van der Waals surface area contributed by atoms with Crippen LogP contribution in [-0.4, -0.2) is 16.0 Å². The number of benzene rings is 3. The number of fused-ring (bicyclic) bond motifs is 3. The molecule has 5 nitrogen and oxygen atoms in total. The molecule has 2 heterocycles. The Balaban J connectivity index is 1.54. The third-order valence-corrected chi connectivity index (χ3v) is 7.24. The molecule has 3 aromatic carbocycles. The van der Waals surface area contributed by atoms with Crippen molar-refractivity contribution in [2.45, 2.75) is 13.5 Å². The molecule has 0 atom stereocenters. The molecular formula is C25H18ClIN2O3S. The second kappa shape index (κ2) is 9.32. The van der Waals surface area contributed by atoms with Crippen LogP contribution in [0.2, 0.25) is 5.02 Å². The van der Waals surface area contributed by atoms with Crippen LogP contribution in [0.3, 0.4) is 0 Å². The summed E-state index contributed by atoms with van der Waals surface area (Å²) in [6.45, 7) is 2.75. The SMILES string of the molecule is CCOc1cc(/C=c2\sc3nc4ccccc4n3c2=O)cc(I)c1OCc1ccccc1Cl. The zero-order valence-corrected chi connectivity index (χ0v) is 21.3. The molecule has 33 heavy (non-hydrogen) atoms. The maximum atomic E-state index is 13.1. The predicted molar refractivity (Wildman–Crippen MR) is 142 cm³/mol. The minimum Gasteiger partial charge on any atom is -0.490 e. The van der Waals surface area contributed by atoms with Crippen molar-refractivity contribution in [3.05, 3.63) is 95.3 Å². The molecule has 0 unspecified atom stereocenters. The molecule has 0 amide bonds. The van der Waals surface area contributed by atoms with Crippen molar-refractivity contribution in [1.82, 2.24) is 9.38 Å². The molecule has 0 N–H and O–H groups in total. The monoisotopic (exact) mass is 588 g/mol.